The van der Waals surface area contributed by atoms with E-state index >= 15 is 0 Å². The molecule has 0 spiro atoms. The molecule has 0 aromatic carbocycles. The van der Waals surface area contributed by atoms with Crippen LogP contribution < -0.4 is 5.32 Å². The molecule has 2 aromatic rings. The maximum atomic E-state index is 11.8. The van der Waals surface area contributed by atoms with Gasteiger partial charge in [0.2, 0.25) is 17.6 Å². The van der Waals surface area contributed by atoms with Crippen LogP contribution in [0.4, 0.5) is 0 Å². The Hall–Kier alpha value is -2.22. The molecule has 1 atom stereocenters. The van der Waals surface area contributed by atoms with Crippen LogP contribution in [-0.4, -0.2) is 33.9 Å². The Balaban J connectivity index is 1.37. The van der Waals surface area contributed by atoms with Gasteiger partial charge in [0.25, 0.3) is 0 Å². The monoisotopic (exact) mass is 304 g/mol. The van der Waals surface area contributed by atoms with Crippen molar-refractivity contribution in [2.24, 2.45) is 0 Å². The van der Waals surface area contributed by atoms with Crippen molar-refractivity contribution in [2.75, 3.05) is 6.61 Å². The van der Waals surface area contributed by atoms with E-state index in [1.165, 1.54) is 0 Å². The molecule has 2 aromatic heterocycles. The van der Waals surface area contributed by atoms with Crippen LogP contribution in [0.5, 0.6) is 0 Å². The fourth-order valence-electron chi connectivity index (χ4n) is 2.45. The maximum absolute atomic E-state index is 11.8. The van der Waals surface area contributed by atoms with Crippen LogP contribution in [-0.2, 0) is 16.1 Å². The molecule has 1 N–H and O–H groups in total. The quantitative estimate of drug-likeness (QED) is 0.890. The molecule has 8 heteroatoms. The Kier molecular flexibility index (Phi) is 3.38. The lowest BCUT2D eigenvalue weighted by molar-refractivity contribution is -0.130. The van der Waals surface area contributed by atoms with Crippen LogP contribution in [0.3, 0.4) is 0 Å². The Morgan fingerprint density at radius 1 is 1.27 bits per heavy atom. The van der Waals surface area contributed by atoms with E-state index in [0.717, 1.165) is 31.4 Å². The Morgan fingerprint density at radius 2 is 2.18 bits per heavy atom. The van der Waals surface area contributed by atoms with Crippen molar-refractivity contribution < 1.29 is 18.6 Å². The zero-order valence-electron chi connectivity index (χ0n) is 11.9. The summed E-state index contributed by atoms with van der Waals surface area (Å²) in [5.41, 5.74) is 0.558. The predicted octanol–water partition coefficient (Wildman–Crippen LogP) is 1.40. The van der Waals surface area contributed by atoms with Gasteiger partial charge in [-0.1, -0.05) is 10.3 Å². The van der Waals surface area contributed by atoms with Gasteiger partial charge in [-0.15, -0.1) is 0 Å². The molecule has 1 aliphatic heterocycles. The summed E-state index contributed by atoms with van der Waals surface area (Å²) >= 11 is 0. The summed E-state index contributed by atoms with van der Waals surface area (Å²) in [5.74, 6) is 1.91. The first kappa shape index (κ1) is 13.4. The number of amides is 1. The molecule has 8 nitrogen and oxygen atoms in total. The van der Waals surface area contributed by atoms with E-state index in [4.69, 9.17) is 13.8 Å². The predicted molar refractivity (Wildman–Crippen MR) is 72.6 cm³/mol. The van der Waals surface area contributed by atoms with Crippen molar-refractivity contribution in [3.05, 3.63) is 17.7 Å². The van der Waals surface area contributed by atoms with Gasteiger partial charge in [0.05, 0.1) is 6.54 Å². The number of hydrogen-bond donors (Lipinski definition) is 1. The number of nitrogens with zero attached hydrogens (tertiary/aromatic N) is 3. The van der Waals surface area contributed by atoms with Crippen LogP contribution in [0, 0.1) is 0 Å². The van der Waals surface area contributed by atoms with Crippen molar-refractivity contribution in [2.45, 2.75) is 44.2 Å². The van der Waals surface area contributed by atoms with E-state index in [2.05, 4.69) is 20.6 Å². The molecule has 1 amide bonds. The molecule has 0 bridgehead atoms. The highest BCUT2D eigenvalue weighted by atomic mass is 16.5. The Bertz CT molecular complexity index is 670. The molecule has 0 radical (unpaired) electrons. The van der Waals surface area contributed by atoms with Gasteiger partial charge in [-0.05, 0) is 25.7 Å². The van der Waals surface area contributed by atoms with Crippen LogP contribution in [0.15, 0.2) is 15.1 Å². The van der Waals surface area contributed by atoms with E-state index in [1.807, 2.05) is 6.07 Å². The van der Waals surface area contributed by atoms with Crippen molar-refractivity contribution in [1.29, 1.82) is 0 Å². The number of carbonyl (C=O) groups excluding carboxylic acids is 1. The number of ether oxygens (including phenoxy) is 1. The fraction of sp³-hybridized carbons (Fsp3) is 0.571. The van der Waals surface area contributed by atoms with E-state index in [1.54, 1.807) is 0 Å². The SMILES string of the molecule is O=C(NCc1nc(-c2cc(C3CC3)on2)no1)[C@H]1CCCO1. The average molecular weight is 304 g/mol. The summed E-state index contributed by atoms with van der Waals surface area (Å²) in [7, 11) is 0. The minimum Gasteiger partial charge on any atom is -0.368 e. The first-order chi connectivity index (χ1) is 10.8. The third-order valence-corrected chi connectivity index (χ3v) is 3.84. The largest absolute Gasteiger partial charge is 0.368 e. The first-order valence-electron chi connectivity index (χ1n) is 7.48. The summed E-state index contributed by atoms with van der Waals surface area (Å²) in [6.45, 7) is 0.817. The number of carbonyl (C=O) groups is 1. The van der Waals surface area contributed by atoms with Gasteiger partial charge in [0.1, 0.15) is 11.9 Å². The summed E-state index contributed by atoms with van der Waals surface area (Å²) < 4.78 is 15.7. The van der Waals surface area contributed by atoms with Gasteiger partial charge in [0.15, 0.2) is 5.69 Å². The second-order valence-electron chi connectivity index (χ2n) is 5.62. The van der Waals surface area contributed by atoms with Gasteiger partial charge in [0, 0.05) is 18.6 Å². The van der Waals surface area contributed by atoms with Crippen molar-refractivity contribution in [3.63, 3.8) is 0 Å². The minimum absolute atomic E-state index is 0.144. The van der Waals surface area contributed by atoms with E-state index in [0.29, 0.717) is 29.9 Å². The number of hydrogen-bond acceptors (Lipinski definition) is 7. The zero-order chi connectivity index (χ0) is 14.9. The second-order valence-corrected chi connectivity index (χ2v) is 5.62. The summed E-state index contributed by atoms with van der Waals surface area (Å²) in [6, 6.07) is 1.84. The molecule has 1 aliphatic carbocycles. The van der Waals surface area contributed by atoms with Gasteiger partial charge < -0.3 is 19.1 Å². The normalized spacial score (nSPS) is 21.2. The molecule has 116 valence electrons. The number of rotatable bonds is 5. The second kappa shape index (κ2) is 5.53. The maximum Gasteiger partial charge on any atom is 0.249 e. The Morgan fingerprint density at radius 3 is 2.95 bits per heavy atom. The third kappa shape index (κ3) is 2.74. The van der Waals surface area contributed by atoms with Crippen LogP contribution in [0.1, 0.15) is 43.3 Å². The van der Waals surface area contributed by atoms with Crippen molar-refractivity contribution in [1.82, 2.24) is 20.6 Å². The highest BCUT2D eigenvalue weighted by molar-refractivity contribution is 5.80. The smallest absolute Gasteiger partial charge is 0.249 e. The van der Waals surface area contributed by atoms with Crippen molar-refractivity contribution in [3.8, 4) is 11.5 Å². The summed E-state index contributed by atoms with van der Waals surface area (Å²) in [6.07, 6.45) is 3.59. The highest BCUT2D eigenvalue weighted by Crippen LogP contribution is 2.40. The van der Waals surface area contributed by atoms with Crippen LogP contribution in [0.2, 0.25) is 0 Å². The number of aromatic nitrogens is 3. The summed E-state index contributed by atoms with van der Waals surface area (Å²) in [5, 5.41) is 10.6. The molecule has 0 unspecified atom stereocenters. The molecule has 1 saturated heterocycles. The fourth-order valence-corrected chi connectivity index (χ4v) is 2.45. The zero-order valence-corrected chi connectivity index (χ0v) is 11.9. The van der Waals surface area contributed by atoms with Gasteiger partial charge >= 0.3 is 0 Å². The number of nitrogens with one attached hydrogen (secondary N) is 1. The van der Waals surface area contributed by atoms with Gasteiger partial charge in [-0.25, -0.2) is 0 Å². The van der Waals surface area contributed by atoms with E-state index in [9.17, 15) is 4.79 Å². The molecular weight excluding hydrogens is 288 g/mol. The first-order valence-corrected chi connectivity index (χ1v) is 7.48. The lowest BCUT2D eigenvalue weighted by Gasteiger charge is -2.07. The van der Waals surface area contributed by atoms with Crippen LogP contribution >= 0.6 is 0 Å². The average Bonchev–Trinajstić information content (AvgIpc) is 3.02. The molecular formula is C14H16N4O4. The lowest BCUT2D eigenvalue weighted by Crippen LogP contribution is -2.33. The topological polar surface area (TPSA) is 103 Å². The minimum atomic E-state index is -0.362. The van der Waals surface area contributed by atoms with Gasteiger partial charge in [-0.2, -0.15) is 4.98 Å². The molecule has 2 aliphatic rings. The molecule has 1 saturated carbocycles. The molecule has 3 heterocycles. The van der Waals surface area contributed by atoms with Crippen molar-refractivity contribution >= 4 is 5.91 Å². The highest BCUT2D eigenvalue weighted by Gasteiger charge is 2.29. The van der Waals surface area contributed by atoms with E-state index in [-0.39, 0.29) is 18.6 Å². The Labute approximate surface area is 126 Å². The lowest BCUT2D eigenvalue weighted by atomic mass is 10.2. The van der Waals surface area contributed by atoms with Crippen LogP contribution in [0.25, 0.3) is 11.5 Å². The third-order valence-electron chi connectivity index (χ3n) is 3.84. The molecule has 2 fully saturated rings. The summed E-state index contributed by atoms with van der Waals surface area (Å²) in [4.78, 5) is 16.0. The molecule has 4 rings (SSSR count). The standard InChI is InChI=1S/C14H16N4O4/c19-14(10-2-1-5-20-10)15-7-12-16-13(18-22-12)9-6-11(21-17-9)8-3-4-8/h6,8,10H,1-5,7H2,(H,15,19)/t10-/m1/s1. The van der Waals surface area contributed by atoms with Gasteiger partial charge in [-0.3, -0.25) is 4.79 Å². The molecule has 22 heavy (non-hydrogen) atoms. The van der Waals surface area contributed by atoms with E-state index < -0.39 is 0 Å².